The minimum atomic E-state index is -0.0239. The van der Waals surface area contributed by atoms with Crippen LogP contribution in [0.1, 0.15) is 50.4 Å². The Labute approximate surface area is 132 Å². The summed E-state index contributed by atoms with van der Waals surface area (Å²) >= 11 is 0. The molecule has 0 unspecified atom stereocenters. The quantitative estimate of drug-likeness (QED) is 0.772. The Balaban J connectivity index is 2.21. The maximum atomic E-state index is 6.07. The molecule has 2 aromatic rings. The molecule has 0 aliphatic carbocycles. The van der Waals surface area contributed by atoms with Crippen molar-refractivity contribution in [2.45, 2.75) is 33.6 Å². The molecule has 22 heavy (non-hydrogen) atoms. The Morgan fingerprint density at radius 3 is 2.64 bits per heavy atom. The fourth-order valence-electron chi connectivity index (χ4n) is 2.75. The average Bonchev–Trinajstić information content (AvgIpc) is 2.64. The van der Waals surface area contributed by atoms with Gasteiger partial charge in [0.05, 0.1) is 12.3 Å². The molecule has 3 rings (SSSR count). The van der Waals surface area contributed by atoms with Crippen LogP contribution in [-0.4, -0.2) is 11.6 Å². The maximum absolute atomic E-state index is 6.07. The highest BCUT2D eigenvalue weighted by Crippen LogP contribution is 2.39. The van der Waals surface area contributed by atoms with Gasteiger partial charge in [-0.3, -0.25) is 4.98 Å². The Hall–Kier alpha value is -2.09. The van der Waals surface area contributed by atoms with Gasteiger partial charge in [-0.15, -0.1) is 0 Å². The fraction of sp³-hybridized carbons (Fsp3) is 0.350. The fourth-order valence-corrected chi connectivity index (χ4v) is 2.75. The van der Waals surface area contributed by atoms with Gasteiger partial charge in [0.15, 0.2) is 0 Å². The number of pyridine rings is 1. The largest absolute Gasteiger partial charge is 0.492 e. The molecule has 1 aromatic carbocycles. The molecule has 0 amide bonds. The summed E-state index contributed by atoms with van der Waals surface area (Å²) < 4.78 is 6.07. The van der Waals surface area contributed by atoms with Crippen LogP contribution < -0.4 is 4.74 Å². The summed E-state index contributed by atoms with van der Waals surface area (Å²) in [6, 6.07) is 12.6. The van der Waals surface area contributed by atoms with E-state index in [4.69, 9.17) is 4.74 Å². The molecule has 0 N–H and O–H groups in total. The lowest BCUT2D eigenvalue weighted by Crippen LogP contribution is -2.17. The maximum Gasteiger partial charge on any atom is 0.127 e. The Kier molecular flexibility index (Phi) is 3.78. The second-order valence-electron chi connectivity index (χ2n) is 6.96. The molecule has 2 heterocycles. The van der Waals surface area contributed by atoms with Gasteiger partial charge >= 0.3 is 0 Å². The predicted molar refractivity (Wildman–Crippen MR) is 91.1 cm³/mol. The van der Waals surface area contributed by atoms with Crippen LogP contribution in [0.15, 0.2) is 48.7 Å². The minimum Gasteiger partial charge on any atom is -0.492 e. The van der Waals surface area contributed by atoms with E-state index in [1.54, 1.807) is 0 Å². The topological polar surface area (TPSA) is 22.1 Å². The summed E-state index contributed by atoms with van der Waals surface area (Å²) in [7, 11) is 0. The number of hydrogen-bond donors (Lipinski definition) is 0. The van der Waals surface area contributed by atoms with Gasteiger partial charge in [0.25, 0.3) is 0 Å². The third-order valence-electron chi connectivity index (χ3n) is 4.04. The van der Waals surface area contributed by atoms with Gasteiger partial charge < -0.3 is 4.74 Å². The van der Waals surface area contributed by atoms with Crippen molar-refractivity contribution in [3.05, 3.63) is 65.5 Å². The Morgan fingerprint density at radius 1 is 1.14 bits per heavy atom. The zero-order valence-electron chi connectivity index (χ0n) is 13.8. The molecule has 1 aliphatic rings. The van der Waals surface area contributed by atoms with Crippen LogP contribution in [0.3, 0.4) is 0 Å². The van der Waals surface area contributed by atoms with Crippen LogP contribution in [0, 0.1) is 5.41 Å². The van der Waals surface area contributed by atoms with E-state index in [9.17, 15) is 0 Å². The normalized spacial score (nSPS) is 16.5. The average molecular weight is 293 g/mol. The van der Waals surface area contributed by atoms with Crippen molar-refractivity contribution in [2.75, 3.05) is 6.61 Å². The second kappa shape index (κ2) is 5.60. The van der Waals surface area contributed by atoms with Crippen LogP contribution in [0.2, 0.25) is 0 Å². The first-order valence-corrected chi connectivity index (χ1v) is 7.88. The molecule has 0 saturated carbocycles. The molecule has 0 atom stereocenters. The van der Waals surface area contributed by atoms with Crippen molar-refractivity contribution in [2.24, 2.45) is 5.41 Å². The number of rotatable bonds is 2. The molecule has 0 fully saturated rings. The molecular weight excluding hydrogens is 270 g/mol. The van der Waals surface area contributed by atoms with Crippen molar-refractivity contribution >= 4 is 5.57 Å². The van der Waals surface area contributed by atoms with Crippen molar-refractivity contribution in [1.29, 1.82) is 0 Å². The number of ether oxygens (including phenoxy) is 1. The highest BCUT2D eigenvalue weighted by molar-refractivity contribution is 5.82. The van der Waals surface area contributed by atoms with E-state index in [1.807, 2.05) is 18.3 Å². The molecule has 1 aliphatic heterocycles. The van der Waals surface area contributed by atoms with Crippen LogP contribution in [0.5, 0.6) is 5.75 Å². The molecular formula is C20H23NO. The summed E-state index contributed by atoms with van der Waals surface area (Å²) in [6.07, 6.45) is 4.15. The standard InChI is InChI=1S/C20H23NO/c1-14(2)15-8-9-19-16(11-15)17(12-20(3,4)13-22-19)18-7-5-6-10-21-18/h5-12,14H,13H2,1-4H3. The molecule has 1 aromatic heterocycles. The third-order valence-corrected chi connectivity index (χ3v) is 4.04. The minimum absolute atomic E-state index is 0.0239. The van der Waals surface area contributed by atoms with Gasteiger partial charge in [-0.2, -0.15) is 0 Å². The van der Waals surface area contributed by atoms with E-state index in [0.717, 1.165) is 17.0 Å². The summed E-state index contributed by atoms with van der Waals surface area (Å²) in [5.74, 6) is 1.44. The Morgan fingerprint density at radius 2 is 1.95 bits per heavy atom. The van der Waals surface area contributed by atoms with E-state index in [-0.39, 0.29) is 5.41 Å². The van der Waals surface area contributed by atoms with Gasteiger partial charge in [-0.05, 0) is 35.7 Å². The third kappa shape index (κ3) is 2.92. The SMILES string of the molecule is CC(C)c1ccc2c(c1)C(c1ccccn1)=CC(C)(C)CO2. The van der Waals surface area contributed by atoms with E-state index in [0.29, 0.717) is 12.5 Å². The van der Waals surface area contributed by atoms with Crippen LogP contribution in [0.25, 0.3) is 5.57 Å². The first kappa shape index (κ1) is 14.8. The molecule has 2 nitrogen and oxygen atoms in total. The van der Waals surface area contributed by atoms with E-state index < -0.39 is 0 Å². The summed E-state index contributed by atoms with van der Waals surface area (Å²) in [5.41, 5.74) is 4.62. The van der Waals surface area contributed by atoms with Gasteiger partial charge in [-0.25, -0.2) is 0 Å². The number of benzene rings is 1. The van der Waals surface area contributed by atoms with E-state index in [2.05, 4.69) is 63.0 Å². The van der Waals surface area contributed by atoms with Gasteiger partial charge in [0.1, 0.15) is 5.75 Å². The highest BCUT2D eigenvalue weighted by Gasteiger charge is 2.25. The summed E-state index contributed by atoms with van der Waals surface area (Å²) in [5, 5.41) is 0. The molecule has 0 saturated heterocycles. The smallest absolute Gasteiger partial charge is 0.127 e. The molecule has 0 radical (unpaired) electrons. The molecule has 0 spiro atoms. The van der Waals surface area contributed by atoms with Crippen LogP contribution >= 0.6 is 0 Å². The lowest BCUT2D eigenvalue weighted by atomic mass is 9.88. The second-order valence-corrected chi connectivity index (χ2v) is 6.96. The molecule has 2 heteroatoms. The predicted octanol–water partition coefficient (Wildman–Crippen LogP) is 5.06. The lowest BCUT2D eigenvalue weighted by molar-refractivity contribution is 0.225. The molecule has 0 bridgehead atoms. The Bertz CT molecular complexity index is 699. The number of fused-ring (bicyclic) bond motifs is 1. The summed E-state index contributed by atoms with van der Waals surface area (Å²) in [6.45, 7) is 9.51. The zero-order chi connectivity index (χ0) is 15.7. The summed E-state index contributed by atoms with van der Waals surface area (Å²) in [4.78, 5) is 4.56. The first-order chi connectivity index (χ1) is 10.5. The van der Waals surface area contributed by atoms with Gasteiger partial charge in [0.2, 0.25) is 0 Å². The molecule has 114 valence electrons. The van der Waals surface area contributed by atoms with Crippen molar-refractivity contribution in [1.82, 2.24) is 4.98 Å². The van der Waals surface area contributed by atoms with E-state index in [1.165, 1.54) is 11.1 Å². The van der Waals surface area contributed by atoms with Gasteiger partial charge in [0, 0.05) is 22.7 Å². The number of hydrogen-bond acceptors (Lipinski definition) is 2. The van der Waals surface area contributed by atoms with Crippen molar-refractivity contribution in [3.63, 3.8) is 0 Å². The highest BCUT2D eigenvalue weighted by atomic mass is 16.5. The zero-order valence-corrected chi connectivity index (χ0v) is 13.8. The van der Waals surface area contributed by atoms with Crippen LogP contribution in [-0.2, 0) is 0 Å². The van der Waals surface area contributed by atoms with Crippen LogP contribution in [0.4, 0.5) is 0 Å². The monoisotopic (exact) mass is 293 g/mol. The van der Waals surface area contributed by atoms with Crippen molar-refractivity contribution in [3.8, 4) is 5.75 Å². The van der Waals surface area contributed by atoms with E-state index >= 15 is 0 Å². The van der Waals surface area contributed by atoms with Crippen molar-refractivity contribution < 1.29 is 4.74 Å². The number of aromatic nitrogens is 1. The lowest BCUT2D eigenvalue weighted by Gasteiger charge is -2.18. The number of nitrogens with zero attached hydrogens (tertiary/aromatic N) is 1. The van der Waals surface area contributed by atoms with Gasteiger partial charge in [-0.1, -0.05) is 45.9 Å². The first-order valence-electron chi connectivity index (χ1n) is 7.88.